The number of nitrogens with one attached hydrogen (secondary N) is 1. The Morgan fingerprint density at radius 3 is 2.96 bits per heavy atom. The monoisotopic (exact) mass is 350 g/mol. The van der Waals surface area contributed by atoms with Gasteiger partial charge in [-0.1, -0.05) is 13.3 Å². The summed E-state index contributed by atoms with van der Waals surface area (Å²) < 4.78 is 7.67. The number of carbonyl (C=O) groups is 1. The number of morpholine rings is 1. The molecular weight excluding hydrogens is 320 g/mol. The zero-order valence-electron chi connectivity index (χ0n) is 15.7. The van der Waals surface area contributed by atoms with Gasteiger partial charge in [-0.3, -0.25) is 9.48 Å². The standard InChI is InChI=1S/C17H30N6O2/c1-5-6-7-18-17(19-11-16(24)21(2)3)23-8-9-25-15(13-23)14-10-20-22(4)12-14/h10,12,15H,5-9,11,13H2,1-4H3,(H,18,19). The lowest BCUT2D eigenvalue weighted by Gasteiger charge is -2.35. The fraction of sp³-hybridized carbons (Fsp3) is 0.706. The predicted octanol–water partition coefficient (Wildman–Crippen LogP) is 0.627. The van der Waals surface area contributed by atoms with Gasteiger partial charge in [-0.25, -0.2) is 4.99 Å². The van der Waals surface area contributed by atoms with Gasteiger partial charge in [0.25, 0.3) is 0 Å². The Morgan fingerprint density at radius 1 is 1.52 bits per heavy atom. The minimum Gasteiger partial charge on any atom is -0.370 e. The topological polar surface area (TPSA) is 75.0 Å². The molecule has 0 spiro atoms. The molecule has 0 aliphatic carbocycles. The summed E-state index contributed by atoms with van der Waals surface area (Å²) in [5, 5.41) is 7.61. The molecule has 25 heavy (non-hydrogen) atoms. The second-order valence-corrected chi connectivity index (χ2v) is 6.46. The molecule has 1 N–H and O–H groups in total. The molecule has 8 nitrogen and oxygen atoms in total. The van der Waals surface area contributed by atoms with Gasteiger partial charge < -0.3 is 19.9 Å². The number of aromatic nitrogens is 2. The summed E-state index contributed by atoms with van der Waals surface area (Å²) in [7, 11) is 5.39. The number of amides is 1. The smallest absolute Gasteiger partial charge is 0.243 e. The lowest BCUT2D eigenvalue weighted by molar-refractivity contribution is -0.127. The lowest BCUT2D eigenvalue weighted by atomic mass is 10.1. The quantitative estimate of drug-likeness (QED) is 0.463. The molecule has 1 atom stereocenters. The first-order valence-electron chi connectivity index (χ1n) is 8.84. The molecule has 1 aromatic heterocycles. The van der Waals surface area contributed by atoms with Crippen LogP contribution in [0.1, 0.15) is 31.4 Å². The van der Waals surface area contributed by atoms with E-state index in [0.717, 1.165) is 37.5 Å². The van der Waals surface area contributed by atoms with Crippen LogP contribution in [0.2, 0.25) is 0 Å². The Morgan fingerprint density at radius 2 is 2.32 bits per heavy atom. The van der Waals surface area contributed by atoms with E-state index in [0.29, 0.717) is 13.2 Å². The maximum absolute atomic E-state index is 11.9. The zero-order valence-corrected chi connectivity index (χ0v) is 15.7. The van der Waals surface area contributed by atoms with E-state index >= 15 is 0 Å². The van der Waals surface area contributed by atoms with Crippen LogP contribution >= 0.6 is 0 Å². The van der Waals surface area contributed by atoms with Gasteiger partial charge in [0.1, 0.15) is 12.6 Å². The second kappa shape index (κ2) is 9.41. The predicted molar refractivity (Wildman–Crippen MR) is 97.4 cm³/mol. The van der Waals surface area contributed by atoms with E-state index in [4.69, 9.17) is 4.74 Å². The van der Waals surface area contributed by atoms with Crippen molar-refractivity contribution in [2.45, 2.75) is 25.9 Å². The van der Waals surface area contributed by atoms with Crippen LogP contribution in [-0.4, -0.2) is 78.3 Å². The van der Waals surface area contributed by atoms with Crippen molar-refractivity contribution in [1.29, 1.82) is 0 Å². The van der Waals surface area contributed by atoms with E-state index in [9.17, 15) is 4.79 Å². The first-order chi connectivity index (χ1) is 12.0. The molecule has 8 heteroatoms. The largest absolute Gasteiger partial charge is 0.370 e. The number of unbranched alkanes of at least 4 members (excludes halogenated alkanes) is 1. The van der Waals surface area contributed by atoms with Crippen molar-refractivity contribution in [3.05, 3.63) is 18.0 Å². The summed E-state index contributed by atoms with van der Waals surface area (Å²) in [6.45, 7) is 5.22. The number of ether oxygens (including phenoxy) is 1. The molecule has 0 radical (unpaired) electrons. The zero-order chi connectivity index (χ0) is 18.2. The van der Waals surface area contributed by atoms with Gasteiger partial charge in [-0.15, -0.1) is 0 Å². The van der Waals surface area contributed by atoms with Crippen LogP contribution in [0.15, 0.2) is 17.4 Å². The van der Waals surface area contributed by atoms with E-state index in [1.165, 1.54) is 0 Å². The number of rotatable bonds is 6. The van der Waals surface area contributed by atoms with Crippen LogP contribution in [0.25, 0.3) is 0 Å². The molecule has 1 fully saturated rings. The van der Waals surface area contributed by atoms with Crippen LogP contribution in [0.4, 0.5) is 0 Å². The Labute approximate surface area is 149 Å². The Bertz CT molecular complexity index is 583. The fourth-order valence-corrected chi connectivity index (χ4v) is 2.58. The van der Waals surface area contributed by atoms with E-state index < -0.39 is 0 Å². The lowest BCUT2D eigenvalue weighted by Crippen LogP contribution is -2.48. The fourth-order valence-electron chi connectivity index (χ4n) is 2.58. The first-order valence-corrected chi connectivity index (χ1v) is 8.84. The number of nitrogens with zero attached hydrogens (tertiary/aromatic N) is 5. The number of carbonyl (C=O) groups excluding carboxylic acids is 1. The van der Waals surface area contributed by atoms with Crippen LogP contribution < -0.4 is 5.32 Å². The SMILES string of the molecule is CCCCNC(=NCC(=O)N(C)C)N1CCOC(c2cnn(C)c2)C1. The third-order valence-corrected chi connectivity index (χ3v) is 4.14. The highest BCUT2D eigenvalue weighted by molar-refractivity contribution is 5.84. The number of aliphatic imine (C=N–C) groups is 1. The minimum atomic E-state index is -0.0369. The summed E-state index contributed by atoms with van der Waals surface area (Å²) in [4.78, 5) is 20.1. The number of aryl methyl sites for hydroxylation is 1. The Kier molecular flexibility index (Phi) is 7.24. The molecule has 1 aliphatic heterocycles. The normalized spacial score (nSPS) is 18.3. The molecule has 0 aromatic carbocycles. The van der Waals surface area contributed by atoms with E-state index in [1.54, 1.807) is 23.7 Å². The number of hydrogen-bond donors (Lipinski definition) is 1. The van der Waals surface area contributed by atoms with Crippen molar-refractivity contribution in [3.8, 4) is 0 Å². The molecule has 2 heterocycles. The molecule has 140 valence electrons. The van der Waals surface area contributed by atoms with Gasteiger partial charge in [0.2, 0.25) is 5.91 Å². The van der Waals surface area contributed by atoms with Gasteiger partial charge in [-0.05, 0) is 6.42 Å². The van der Waals surface area contributed by atoms with Crippen LogP contribution in [0, 0.1) is 0 Å². The molecule has 1 unspecified atom stereocenters. The summed E-state index contributed by atoms with van der Waals surface area (Å²) >= 11 is 0. The van der Waals surface area contributed by atoms with Crippen LogP contribution in [-0.2, 0) is 16.6 Å². The van der Waals surface area contributed by atoms with Crippen molar-refractivity contribution in [1.82, 2.24) is 24.9 Å². The molecule has 0 bridgehead atoms. The van der Waals surface area contributed by atoms with Crippen molar-refractivity contribution in [2.75, 3.05) is 46.9 Å². The average molecular weight is 350 g/mol. The number of likely N-dealkylation sites (N-methyl/N-ethyl adjacent to an activating group) is 1. The van der Waals surface area contributed by atoms with Crippen LogP contribution in [0.3, 0.4) is 0 Å². The highest BCUT2D eigenvalue weighted by Crippen LogP contribution is 2.21. The molecule has 1 aromatic rings. The van der Waals surface area contributed by atoms with E-state index in [2.05, 4.69) is 27.2 Å². The third kappa shape index (κ3) is 5.74. The Hall–Kier alpha value is -2.09. The molecular formula is C17H30N6O2. The van der Waals surface area contributed by atoms with E-state index in [1.807, 2.05) is 19.4 Å². The summed E-state index contributed by atoms with van der Waals surface area (Å²) in [6.07, 6.45) is 5.95. The van der Waals surface area contributed by atoms with Crippen molar-refractivity contribution >= 4 is 11.9 Å². The summed E-state index contributed by atoms with van der Waals surface area (Å²) in [6, 6.07) is 0. The highest BCUT2D eigenvalue weighted by atomic mass is 16.5. The number of guanidine groups is 1. The van der Waals surface area contributed by atoms with Gasteiger partial charge in [0.15, 0.2) is 5.96 Å². The maximum Gasteiger partial charge on any atom is 0.243 e. The average Bonchev–Trinajstić information content (AvgIpc) is 3.04. The molecule has 1 saturated heterocycles. The van der Waals surface area contributed by atoms with Crippen molar-refractivity contribution < 1.29 is 9.53 Å². The summed E-state index contributed by atoms with van der Waals surface area (Å²) in [5.41, 5.74) is 1.06. The van der Waals surface area contributed by atoms with Gasteiger partial charge in [0, 0.05) is 46.0 Å². The highest BCUT2D eigenvalue weighted by Gasteiger charge is 2.25. The first kappa shape index (κ1) is 19.2. The van der Waals surface area contributed by atoms with Gasteiger partial charge >= 0.3 is 0 Å². The molecule has 1 amide bonds. The van der Waals surface area contributed by atoms with Gasteiger partial charge in [-0.2, -0.15) is 5.10 Å². The van der Waals surface area contributed by atoms with Crippen molar-refractivity contribution in [2.24, 2.45) is 12.0 Å². The van der Waals surface area contributed by atoms with Crippen LogP contribution in [0.5, 0.6) is 0 Å². The second-order valence-electron chi connectivity index (χ2n) is 6.46. The molecule has 1 aliphatic rings. The molecule has 0 saturated carbocycles. The molecule has 2 rings (SSSR count). The van der Waals surface area contributed by atoms with Gasteiger partial charge in [0.05, 0.1) is 19.3 Å². The van der Waals surface area contributed by atoms with E-state index in [-0.39, 0.29) is 18.6 Å². The Balaban J connectivity index is 2.06. The van der Waals surface area contributed by atoms with Crippen molar-refractivity contribution in [3.63, 3.8) is 0 Å². The number of hydrogen-bond acceptors (Lipinski definition) is 4. The maximum atomic E-state index is 11.9. The minimum absolute atomic E-state index is 0.00754. The third-order valence-electron chi connectivity index (χ3n) is 4.14. The summed E-state index contributed by atoms with van der Waals surface area (Å²) in [5.74, 6) is 0.771.